The van der Waals surface area contributed by atoms with Crippen LogP contribution in [-0.2, 0) is 8.85 Å². The molecule has 0 bridgehead atoms. The molecule has 0 saturated heterocycles. The van der Waals surface area contributed by atoms with E-state index in [0.717, 1.165) is 0 Å². The van der Waals surface area contributed by atoms with Crippen molar-refractivity contribution in [2.24, 2.45) is 0 Å². The van der Waals surface area contributed by atoms with Crippen molar-refractivity contribution >= 4 is 16.6 Å². The zero-order valence-corrected chi connectivity index (χ0v) is 24.4. The molecule has 0 aromatic heterocycles. The van der Waals surface area contributed by atoms with Crippen molar-refractivity contribution in [2.75, 3.05) is 0 Å². The molecule has 0 saturated carbocycles. The number of hydrogen-bond donors (Lipinski definition) is 0. The molecule has 0 heterocycles. The summed E-state index contributed by atoms with van der Waals surface area (Å²) in [7, 11) is -4.25. The van der Waals surface area contributed by atoms with Crippen LogP contribution >= 0.6 is 0 Å². The molecule has 0 aliphatic heterocycles. The first-order valence-corrected chi connectivity index (χ1v) is 15.6. The van der Waals surface area contributed by atoms with E-state index in [0.29, 0.717) is 0 Å². The quantitative estimate of drug-likeness (QED) is 0.375. The minimum Gasteiger partial charge on any atom is -0.413 e. The molecule has 0 fully saturated rings. The summed E-state index contributed by atoms with van der Waals surface area (Å²) in [6.45, 7) is 37.8. The summed E-state index contributed by atoms with van der Waals surface area (Å²) < 4.78 is 14.0. The highest BCUT2D eigenvalue weighted by molar-refractivity contribution is 6.84. The summed E-state index contributed by atoms with van der Waals surface area (Å²) >= 11 is 0. The first-order chi connectivity index (χ1) is 12.0. The first-order valence-electron chi connectivity index (χ1n) is 11.4. The molecule has 0 amide bonds. The third kappa shape index (κ3) is 5.95. The third-order valence-corrected chi connectivity index (χ3v) is 20.4. The molecule has 0 radical (unpaired) electrons. The molecule has 0 aromatic carbocycles. The minimum atomic E-state index is -2.13. The highest BCUT2D eigenvalue weighted by Gasteiger charge is 2.60. The molecule has 28 heavy (non-hydrogen) atoms. The zero-order chi connectivity index (χ0) is 23.0. The predicted molar refractivity (Wildman–Crippen MR) is 132 cm³/mol. The van der Waals surface area contributed by atoms with Crippen molar-refractivity contribution in [2.45, 2.75) is 155 Å². The SMILES string of the molecule is CC(C)O[Si](CC[Si](OC(C)C)(C(C)(C)C)C(C)(C)C)(C(C)(C)C)C(C)(C)C. The average Bonchev–Trinajstić information content (AvgIpc) is 2.35. The van der Waals surface area contributed by atoms with Gasteiger partial charge in [-0.15, -0.1) is 0 Å². The van der Waals surface area contributed by atoms with Crippen molar-refractivity contribution < 1.29 is 8.85 Å². The molecule has 2 nitrogen and oxygen atoms in total. The van der Waals surface area contributed by atoms with Crippen LogP contribution < -0.4 is 0 Å². The van der Waals surface area contributed by atoms with Crippen LogP contribution in [0.1, 0.15) is 111 Å². The monoisotopic (exact) mass is 430 g/mol. The van der Waals surface area contributed by atoms with Crippen LogP contribution in [0.15, 0.2) is 0 Å². The second kappa shape index (κ2) is 8.84. The second-order valence-corrected chi connectivity index (χ2v) is 24.3. The van der Waals surface area contributed by atoms with Crippen LogP contribution in [0.4, 0.5) is 0 Å². The third-order valence-electron chi connectivity index (χ3n) is 6.55. The van der Waals surface area contributed by atoms with Gasteiger partial charge in [-0.2, -0.15) is 0 Å². The first kappa shape index (κ1) is 28.4. The molecule has 0 N–H and O–H groups in total. The lowest BCUT2D eigenvalue weighted by atomic mass is 10.2. The molecule has 4 heteroatoms. The Morgan fingerprint density at radius 3 is 0.750 bits per heavy atom. The Morgan fingerprint density at radius 1 is 0.464 bits per heavy atom. The van der Waals surface area contributed by atoms with Crippen LogP contribution in [0, 0.1) is 0 Å². The van der Waals surface area contributed by atoms with Gasteiger partial charge in [0.15, 0.2) is 0 Å². The van der Waals surface area contributed by atoms with Gasteiger partial charge in [-0.1, -0.05) is 83.1 Å². The van der Waals surface area contributed by atoms with Gasteiger partial charge in [-0.05, 0) is 59.9 Å². The van der Waals surface area contributed by atoms with Crippen LogP contribution in [0.5, 0.6) is 0 Å². The van der Waals surface area contributed by atoms with Crippen LogP contribution in [0.25, 0.3) is 0 Å². The lowest BCUT2D eigenvalue weighted by Gasteiger charge is -2.56. The fourth-order valence-corrected chi connectivity index (χ4v) is 19.3. The Morgan fingerprint density at radius 2 is 0.643 bits per heavy atom. The average molecular weight is 431 g/mol. The molecule has 0 rings (SSSR count). The van der Waals surface area contributed by atoms with Crippen molar-refractivity contribution in [3.8, 4) is 0 Å². The fraction of sp³-hybridized carbons (Fsp3) is 1.00. The van der Waals surface area contributed by atoms with E-state index in [2.05, 4.69) is 111 Å². The largest absolute Gasteiger partial charge is 0.413 e. The highest BCUT2D eigenvalue weighted by atomic mass is 28.4. The Kier molecular flexibility index (Phi) is 8.95. The zero-order valence-electron chi connectivity index (χ0n) is 22.4. The van der Waals surface area contributed by atoms with Gasteiger partial charge < -0.3 is 8.85 Å². The lowest BCUT2D eigenvalue weighted by Crippen LogP contribution is -2.60. The van der Waals surface area contributed by atoms with E-state index in [-0.39, 0.29) is 32.4 Å². The normalized spacial score (nSPS) is 15.6. The second-order valence-electron chi connectivity index (χ2n) is 13.5. The van der Waals surface area contributed by atoms with E-state index in [1.165, 1.54) is 12.1 Å². The van der Waals surface area contributed by atoms with Crippen molar-refractivity contribution in [1.29, 1.82) is 0 Å². The maximum Gasteiger partial charge on any atom is 0.203 e. The van der Waals surface area contributed by atoms with Gasteiger partial charge in [0.1, 0.15) is 0 Å². The lowest BCUT2D eigenvalue weighted by molar-refractivity contribution is 0.185. The smallest absolute Gasteiger partial charge is 0.203 e. The summed E-state index contributed by atoms with van der Waals surface area (Å²) in [6.07, 6.45) is 0.521. The van der Waals surface area contributed by atoms with Crippen LogP contribution in [0.3, 0.4) is 0 Å². The van der Waals surface area contributed by atoms with E-state index in [4.69, 9.17) is 8.85 Å². The minimum absolute atomic E-state index is 0.170. The number of hydrogen-bond acceptors (Lipinski definition) is 2. The van der Waals surface area contributed by atoms with Crippen molar-refractivity contribution in [3.63, 3.8) is 0 Å². The van der Waals surface area contributed by atoms with Gasteiger partial charge in [0, 0.05) is 12.2 Å². The molecule has 0 spiro atoms. The van der Waals surface area contributed by atoms with Gasteiger partial charge >= 0.3 is 0 Å². The van der Waals surface area contributed by atoms with Gasteiger partial charge in [0.2, 0.25) is 16.6 Å². The molecule has 0 aliphatic carbocycles. The Hall–Kier alpha value is 0.354. The predicted octanol–water partition coefficient (Wildman–Crippen LogP) is 8.93. The molecule has 170 valence electrons. The van der Waals surface area contributed by atoms with E-state index < -0.39 is 16.6 Å². The molecular formula is C24H54O2Si2. The van der Waals surface area contributed by atoms with Crippen molar-refractivity contribution in [3.05, 3.63) is 0 Å². The summed E-state index contributed by atoms with van der Waals surface area (Å²) in [5.74, 6) is 0. The molecule has 0 aliphatic rings. The van der Waals surface area contributed by atoms with E-state index in [9.17, 15) is 0 Å². The van der Waals surface area contributed by atoms with E-state index >= 15 is 0 Å². The van der Waals surface area contributed by atoms with Crippen molar-refractivity contribution in [1.82, 2.24) is 0 Å². The Bertz CT molecular complexity index is 409. The van der Waals surface area contributed by atoms with Gasteiger partial charge in [0.25, 0.3) is 0 Å². The van der Waals surface area contributed by atoms with Gasteiger partial charge in [-0.3, -0.25) is 0 Å². The van der Waals surface area contributed by atoms with Gasteiger partial charge in [-0.25, -0.2) is 0 Å². The Labute approximate surface area is 180 Å². The molecular weight excluding hydrogens is 376 g/mol. The standard InChI is InChI=1S/C24H54O2Si2/c1-19(2)25-27(21(5,6)7,22(8,9)10)17-18-28(23(11,12)13,24(14,15)16)26-20(3)4/h19-20H,17-18H2,1-16H3. The molecule has 0 atom stereocenters. The summed E-state index contributed by atoms with van der Waals surface area (Å²) in [4.78, 5) is 0. The van der Waals surface area contributed by atoms with E-state index in [1.807, 2.05) is 0 Å². The van der Waals surface area contributed by atoms with E-state index in [1.54, 1.807) is 0 Å². The van der Waals surface area contributed by atoms with Crippen LogP contribution in [-0.4, -0.2) is 28.8 Å². The molecule has 0 unspecified atom stereocenters. The number of rotatable bonds is 7. The Balaban J connectivity index is 6.50. The topological polar surface area (TPSA) is 18.5 Å². The summed E-state index contributed by atoms with van der Waals surface area (Å²) in [5, 5.41) is 0.680. The maximum atomic E-state index is 7.00. The van der Waals surface area contributed by atoms with Gasteiger partial charge in [0.05, 0.1) is 0 Å². The fourth-order valence-electron chi connectivity index (χ4n) is 5.73. The van der Waals surface area contributed by atoms with Crippen LogP contribution in [0.2, 0.25) is 32.2 Å². The highest BCUT2D eigenvalue weighted by Crippen LogP contribution is 2.60. The summed E-state index contributed by atoms with van der Waals surface area (Å²) in [6, 6.07) is 2.34. The maximum absolute atomic E-state index is 7.00. The summed E-state index contributed by atoms with van der Waals surface area (Å²) in [5.41, 5.74) is 0. The molecule has 0 aromatic rings.